The molecule has 0 saturated heterocycles. The molecule has 1 heterocycles. The largest absolute Gasteiger partial charge is 0.495 e. The first-order valence-corrected chi connectivity index (χ1v) is 8.36. The van der Waals surface area contributed by atoms with E-state index in [1.807, 2.05) is 38.2 Å². The first-order chi connectivity index (χ1) is 12.0. The molecule has 2 aromatic carbocycles. The fourth-order valence-corrected chi connectivity index (χ4v) is 3.34. The predicted molar refractivity (Wildman–Crippen MR) is 97.8 cm³/mol. The highest BCUT2D eigenvalue weighted by atomic mass is 35.5. The molecule has 130 valence electrons. The van der Waals surface area contributed by atoms with E-state index < -0.39 is 0 Å². The Morgan fingerprint density at radius 1 is 1.20 bits per heavy atom. The van der Waals surface area contributed by atoms with Crippen molar-refractivity contribution < 1.29 is 4.74 Å². The highest BCUT2D eigenvalue weighted by Gasteiger charge is 2.25. The molecule has 25 heavy (non-hydrogen) atoms. The second kappa shape index (κ2) is 7.39. The van der Waals surface area contributed by atoms with Crippen LogP contribution in [0.25, 0.3) is 5.69 Å². The van der Waals surface area contributed by atoms with Crippen molar-refractivity contribution in [1.29, 1.82) is 0 Å². The number of methoxy groups -OCH3 is 1. The second-order valence-corrected chi connectivity index (χ2v) is 6.36. The van der Waals surface area contributed by atoms with Gasteiger partial charge < -0.3 is 10.1 Å². The minimum Gasteiger partial charge on any atom is -0.495 e. The molecule has 1 N–H and O–H groups in total. The lowest BCUT2D eigenvalue weighted by Gasteiger charge is -2.20. The number of tetrazole rings is 1. The number of nitrogens with one attached hydrogen (secondary N) is 1. The van der Waals surface area contributed by atoms with Crippen molar-refractivity contribution in [1.82, 2.24) is 25.5 Å². The Hall–Kier alpha value is -2.15. The molecular weight excluding hydrogens is 361 g/mol. The Morgan fingerprint density at radius 2 is 2.00 bits per heavy atom. The summed E-state index contributed by atoms with van der Waals surface area (Å²) in [6.45, 7) is 2.02. The molecule has 0 aliphatic heterocycles. The first kappa shape index (κ1) is 17.7. The number of nitrogens with zero attached hydrogens (tertiary/aromatic N) is 4. The molecule has 1 aromatic heterocycles. The van der Waals surface area contributed by atoms with E-state index in [4.69, 9.17) is 27.9 Å². The summed E-state index contributed by atoms with van der Waals surface area (Å²) in [5, 5.41) is 16.3. The van der Waals surface area contributed by atoms with Crippen molar-refractivity contribution in [3.8, 4) is 11.4 Å². The Balaban J connectivity index is 2.15. The van der Waals surface area contributed by atoms with Crippen LogP contribution < -0.4 is 10.1 Å². The Bertz CT molecular complexity index is 896. The average molecular weight is 378 g/mol. The van der Waals surface area contributed by atoms with Gasteiger partial charge in [-0.25, -0.2) is 0 Å². The monoisotopic (exact) mass is 377 g/mol. The van der Waals surface area contributed by atoms with Gasteiger partial charge in [-0.1, -0.05) is 35.3 Å². The van der Waals surface area contributed by atoms with Gasteiger partial charge in [-0.05, 0) is 54.2 Å². The van der Waals surface area contributed by atoms with Crippen molar-refractivity contribution in [3.05, 3.63) is 63.4 Å². The van der Waals surface area contributed by atoms with E-state index in [2.05, 4.69) is 20.8 Å². The van der Waals surface area contributed by atoms with Crippen LogP contribution in [0.4, 0.5) is 0 Å². The predicted octanol–water partition coefficient (Wildman–Crippen LogP) is 3.59. The van der Waals surface area contributed by atoms with Crippen LogP contribution in [0.5, 0.6) is 5.75 Å². The van der Waals surface area contributed by atoms with Gasteiger partial charge in [0.2, 0.25) is 0 Å². The summed E-state index contributed by atoms with van der Waals surface area (Å²) in [4.78, 5) is 0. The van der Waals surface area contributed by atoms with E-state index in [9.17, 15) is 0 Å². The molecule has 1 atom stereocenters. The standard InChI is InChI=1S/C17H17Cl2N5O/c1-10-5-4-6-12(7-10)24-17(21-22-23-24)15(20-2)13-8-11(18)9-14(19)16(13)25-3/h4-9,15,20H,1-3H3/t15-/m0/s1. The number of aryl methyl sites for hydroxylation is 1. The molecule has 3 rings (SSSR count). The lowest BCUT2D eigenvalue weighted by Crippen LogP contribution is -2.23. The lowest BCUT2D eigenvalue weighted by atomic mass is 10.0. The first-order valence-electron chi connectivity index (χ1n) is 7.60. The molecule has 0 spiro atoms. The zero-order chi connectivity index (χ0) is 18.0. The molecular formula is C17H17Cl2N5O. The summed E-state index contributed by atoms with van der Waals surface area (Å²) in [5.74, 6) is 1.13. The number of aromatic nitrogens is 4. The number of ether oxygens (including phenoxy) is 1. The molecule has 0 unspecified atom stereocenters. The van der Waals surface area contributed by atoms with E-state index >= 15 is 0 Å². The van der Waals surface area contributed by atoms with Crippen LogP contribution in [0.15, 0.2) is 36.4 Å². The second-order valence-electron chi connectivity index (χ2n) is 5.52. The fourth-order valence-electron chi connectivity index (χ4n) is 2.75. The molecule has 0 amide bonds. The topological polar surface area (TPSA) is 64.9 Å². The maximum Gasteiger partial charge on any atom is 0.178 e. The molecule has 0 aliphatic carbocycles. The third-order valence-electron chi connectivity index (χ3n) is 3.84. The van der Waals surface area contributed by atoms with E-state index in [1.165, 1.54) is 0 Å². The van der Waals surface area contributed by atoms with Crippen LogP contribution >= 0.6 is 23.2 Å². The van der Waals surface area contributed by atoms with Crippen molar-refractivity contribution in [2.45, 2.75) is 13.0 Å². The average Bonchev–Trinajstić information content (AvgIpc) is 3.05. The van der Waals surface area contributed by atoms with Crippen molar-refractivity contribution in [2.75, 3.05) is 14.2 Å². The van der Waals surface area contributed by atoms with E-state index in [0.717, 1.165) is 16.8 Å². The van der Waals surface area contributed by atoms with Crippen LogP contribution in [0, 0.1) is 6.92 Å². The zero-order valence-electron chi connectivity index (χ0n) is 14.0. The van der Waals surface area contributed by atoms with Gasteiger partial charge in [0.1, 0.15) is 5.75 Å². The van der Waals surface area contributed by atoms with Gasteiger partial charge in [0.25, 0.3) is 0 Å². The Kier molecular flexibility index (Phi) is 5.22. The SMILES string of the molecule is CN[C@@H](c1cc(Cl)cc(Cl)c1OC)c1nnnn1-c1cccc(C)c1. The molecule has 0 fully saturated rings. The van der Waals surface area contributed by atoms with Crippen LogP contribution in [0.3, 0.4) is 0 Å². The minimum atomic E-state index is -0.360. The van der Waals surface area contributed by atoms with Crippen LogP contribution in [0.1, 0.15) is 23.0 Å². The molecule has 0 radical (unpaired) electrons. The quantitative estimate of drug-likeness (QED) is 0.735. The van der Waals surface area contributed by atoms with Crippen LogP contribution in [-0.4, -0.2) is 34.4 Å². The third-order valence-corrected chi connectivity index (χ3v) is 4.34. The summed E-state index contributed by atoms with van der Waals surface area (Å²) < 4.78 is 7.15. The number of benzene rings is 2. The summed E-state index contributed by atoms with van der Waals surface area (Å²) in [6, 6.07) is 11.0. The van der Waals surface area contributed by atoms with E-state index in [1.54, 1.807) is 23.9 Å². The van der Waals surface area contributed by atoms with Gasteiger partial charge >= 0.3 is 0 Å². The van der Waals surface area contributed by atoms with Gasteiger partial charge in [0.05, 0.1) is 23.9 Å². The lowest BCUT2D eigenvalue weighted by molar-refractivity contribution is 0.404. The van der Waals surface area contributed by atoms with Crippen LogP contribution in [-0.2, 0) is 0 Å². The molecule has 6 nitrogen and oxygen atoms in total. The Morgan fingerprint density at radius 3 is 2.68 bits per heavy atom. The van der Waals surface area contributed by atoms with Gasteiger partial charge in [0.15, 0.2) is 5.82 Å². The summed E-state index contributed by atoms with van der Waals surface area (Å²) in [7, 11) is 3.38. The Labute approximate surface area is 155 Å². The van der Waals surface area contributed by atoms with Crippen molar-refractivity contribution >= 4 is 23.2 Å². The maximum atomic E-state index is 6.28. The number of halogens is 2. The zero-order valence-corrected chi connectivity index (χ0v) is 15.5. The number of hydrogen-bond donors (Lipinski definition) is 1. The summed E-state index contributed by atoms with van der Waals surface area (Å²) in [5.41, 5.74) is 2.74. The highest BCUT2D eigenvalue weighted by molar-refractivity contribution is 6.35. The van der Waals surface area contributed by atoms with Gasteiger partial charge in [-0.15, -0.1) is 5.10 Å². The molecule has 8 heteroatoms. The third kappa shape index (κ3) is 3.46. The molecule has 0 bridgehead atoms. The smallest absolute Gasteiger partial charge is 0.178 e. The fraction of sp³-hybridized carbons (Fsp3) is 0.235. The van der Waals surface area contributed by atoms with Crippen molar-refractivity contribution in [2.24, 2.45) is 0 Å². The molecule has 0 saturated carbocycles. The van der Waals surface area contributed by atoms with Crippen LogP contribution in [0.2, 0.25) is 10.0 Å². The number of hydrogen-bond acceptors (Lipinski definition) is 5. The highest BCUT2D eigenvalue weighted by Crippen LogP contribution is 2.37. The summed E-state index contributed by atoms with van der Waals surface area (Å²) in [6.07, 6.45) is 0. The van der Waals surface area contributed by atoms with Crippen molar-refractivity contribution in [3.63, 3.8) is 0 Å². The normalized spacial score (nSPS) is 12.2. The minimum absolute atomic E-state index is 0.360. The molecule has 0 aliphatic rings. The maximum absolute atomic E-state index is 6.28. The number of rotatable bonds is 5. The van der Waals surface area contributed by atoms with Gasteiger partial charge in [-0.2, -0.15) is 4.68 Å². The van der Waals surface area contributed by atoms with Gasteiger partial charge in [0, 0.05) is 10.6 Å². The van der Waals surface area contributed by atoms with E-state index in [-0.39, 0.29) is 6.04 Å². The summed E-state index contributed by atoms with van der Waals surface area (Å²) >= 11 is 12.5. The van der Waals surface area contributed by atoms with E-state index in [0.29, 0.717) is 21.6 Å². The molecule has 3 aromatic rings. The van der Waals surface area contributed by atoms with Gasteiger partial charge in [-0.3, -0.25) is 0 Å².